The van der Waals surface area contributed by atoms with Crippen molar-refractivity contribution in [2.75, 3.05) is 7.05 Å². The number of hydrogen-bond donors (Lipinski definition) is 2. The first-order chi connectivity index (χ1) is 11.3. The summed E-state index contributed by atoms with van der Waals surface area (Å²) >= 11 is 0. The molecule has 2 aromatic rings. The standard InChI is InChI=1S/C15H14F3N5O/c1-9(20-2)21-14(24)12-7-13(15(16,17)18)22-23(12)11-5-3-4-10(6-11)8-19/h3-7,9,20H,1-2H3,(H,21,24). The van der Waals surface area contributed by atoms with Crippen LogP contribution >= 0.6 is 0 Å². The van der Waals surface area contributed by atoms with Crippen LogP contribution in [0.4, 0.5) is 13.2 Å². The van der Waals surface area contributed by atoms with E-state index in [1.165, 1.54) is 24.3 Å². The highest BCUT2D eigenvalue weighted by atomic mass is 19.4. The van der Waals surface area contributed by atoms with Crippen LogP contribution in [0.2, 0.25) is 0 Å². The average molecular weight is 337 g/mol. The van der Waals surface area contributed by atoms with E-state index in [4.69, 9.17) is 5.26 Å². The van der Waals surface area contributed by atoms with Crippen LogP contribution in [-0.4, -0.2) is 28.9 Å². The van der Waals surface area contributed by atoms with Crippen molar-refractivity contribution in [1.82, 2.24) is 20.4 Å². The van der Waals surface area contributed by atoms with Gasteiger partial charge in [0.25, 0.3) is 5.91 Å². The van der Waals surface area contributed by atoms with Crippen molar-refractivity contribution in [1.29, 1.82) is 5.26 Å². The molecule has 0 saturated carbocycles. The summed E-state index contributed by atoms with van der Waals surface area (Å²) in [5.74, 6) is -0.720. The zero-order valence-electron chi connectivity index (χ0n) is 12.8. The molecule has 1 unspecified atom stereocenters. The molecule has 6 nitrogen and oxygen atoms in total. The Morgan fingerprint density at radius 2 is 2.08 bits per heavy atom. The van der Waals surface area contributed by atoms with Gasteiger partial charge in [0.2, 0.25) is 0 Å². The molecule has 1 aromatic carbocycles. The molecule has 126 valence electrons. The quantitative estimate of drug-likeness (QED) is 0.837. The number of halogens is 3. The molecule has 1 aromatic heterocycles. The summed E-state index contributed by atoms with van der Waals surface area (Å²) in [6, 6.07) is 8.39. The van der Waals surface area contributed by atoms with Crippen LogP contribution in [0.1, 0.15) is 28.7 Å². The Morgan fingerprint density at radius 1 is 1.38 bits per heavy atom. The van der Waals surface area contributed by atoms with E-state index >= 15 is 0 Å². The largest absolute Gasteiger partial charge is 0.435 e. The zero-order valence-corrected chi connectivity index (χ0v) is 12.8. The summed E-state index contributed by atoms with van der Waals surface area (Å²) in [5, 5.41) is 17.7. The third kappa shape index (κ3) is 3.72. The van der Waals surface area contributed by atoms with Crippen molar-refractivity contribution in [2.24, 2.45) is 0 Å². The number of carbonyl (C=O) groups is 1. The first-order valence-corrected chi connectivity index (χ1v) is 6.92. The van der Waals surface area contributed by atoms with Crippen LogP contribution in [0.25, 0.3) is 5.69 Å². The molecule has 0 aliphatic heterocycles. The summed E-state index contributed by atoms with van der Waals surface area (Å²) < 4.78 is 39.8. The second-order valence-electron chi connectivity index (χ2n) is 4.97. The maximum absolute atomic E-state index is 13.0. The van der Waals surface area contributed by atoms with Gasteiger partial charge in [-0.3, -0.25) is 4.79 Å². The predicted octanol–water partition coefficient (Wildman–Crippen LogP) is 2.06. The number of aromatic nitrogens is 2. The van der Waals surface area contributed by atoms with Gasteiger partial charge in [0.1, 0.15) is 5.69 Å². The smallest absolute Gasteiger partial charge is 0.336 e. The molecule has 0 radical (unpaired) electrons. The van der Waals surface area contributed by atoms with Gasteiger partial charge < -0.3 is 10.6 Å². The molecule has 0 fully saturated rings. The van der Waals surface area contributed by atoms with Gasteiger partial charge in [-0.05, 0) is 32.2 Å². The molecular formula is C15H14F3N5O. The average Bonchev–Trinajstić information content (AvgIpc) is 3.00. The van der Waals surface area contributed by atoms with Crippen LogP contribution < -0.4 is 10.6 Å². The van der Waals surface area contributed by atoms with Gasteiger partial charge in [-0.25, -0.2) is 4.68 Å². The zero-order chi connectivity index (χ0) is 17.9. The topological polar surface area (TPSA) is 82.7 Å². The molecule has 1 heterocycles. The van der Waals surface area contributed by atoms with Crippen molar-refractivity contribution < 1.29 is 18.0 Å². The van der Waals surface area contributed by atoms with E-state index in [9.17, 15) is 18.0 Å². The molecule has 0 saturated heterocycles. The Labute approximate surface area is 135 Å². The van der Waals surface area contributed by atoms with Gasteiger partial charge in [-0.1, -0.05) is 6.07 Å². The summed E-state index contributed by atoms with van der Waals surface area (Å²) in [6.45, 7) is 1.64. The minimum Gasteiger partial charge on any atom is -0.336 e. The van der Waals surface area contributed by atoms with Crippen LogP contribution in [0.3, 0.4) is 0 Å². The van der Waals surface area contributed by atoms with Gasteiger partial charge >= 0.3 is 6.18 Å². The van der Waals surface area contributed by atoms with Crippen molar-refractivity contribution in [2.45, 2.75) is 19.3 Å². The summed E-state index contributed by atoms with van der Waals surface area (Å²) in [4.78, 5) is 12.3. The molecular weight excluding hydrogens is 323 g/mol. The summed E-state index contributed by atoms with van der Waals surface area (Å²) in [7, 11) is 1.60. The fraction of sp³-hybridized carbons (Fsp3) is 0.267. The van der Waals surface area contributed by atoms with E-state index in [0.29, 0.717) is 6.07 Å². The minimum atomic E-state index is -4.69. The van der Waals surface area contributed by atoms with Gasteiger partial charge in [-0.2, -0.15) is 23.5 Å². The monoisotopic (exact) mass is 337 g/mol. The lowest BCUT2D eigenvalue weighted by molar-refractivity contribution is -0.141. The van der Waals surface area contributed by atoms with Gasteiger partial charge in [0, 0.05) is 6.07 Å². The lowest BCUT2D eigenvalue weighted by atomic mass is 10.2. The number of carbonyl (C=O) groups excluding carboxylic acids is 1. The number of amides is 1. The molecule has 24 heavy (non-hydrogen) atoms. The van der Waals surface area contributed by atoms with Crippen molar-refractivity contribution in [3.8, 4) is 11.8 Å². The highest BCUT2D eigenvalue weighted by Crippen LogP contribution is 2.29. The number of nitrogens with zero attached hydrogens (tertiary/aromatic N) is 3. The second kappa shape index (κ2) is 6.72. The van der Waals surface area contributed by atoms with Crippen molar-refractivity contribution in [3.63, 3.8) is 0 Å². The van der Waals surface area contributed by atoms with Crippen LogP contribution in [0, 0.1) is 11.3 Å². The number of rotatable bonds is 4. The lowest BCUT2D eigenvalue weighted by Crippen LogP contribution is -2.41. The Bertz CT molecular complexity index is 791. The molecule has 0 bridgehead atoms. The molecule has 2 N–H and O–H groups in total. The second-order valence-corrected chi connectivity index (χ2v) is 4.97. The normalized spacial score (nSPS) is 12.5. The van der Waals surface area contributed by atoms with E-state index in [1.807, 2.05) is 6.07 Å². The number of alkyl halides is 3. The van der Waals surface area contributed by atoms with Crippen molar-refractivity contribution in [3.05, 3.63) is 47.3 Å². The molecule has 0 aliphatic rings. The summed E-state index contributed by atoms with van der Waals surface area (Å²) in [5.41, 5.74) is -1.04. The number of benzene rings is 1. The fourth-order valence-electron chi connectivity index (χ4n) is 1.93. The molecule has 9 heteroatoms. The third-order valence-corrected chi connectivity index (χ3v) is 3.23. The molecule has 1 amide bonds. The molecule has 0 spiro atoms. The molecule has 2 rings (SSSR count). The van der Waals surface area contributed by atoms with Crippen molar-refractivity contribution >= 4 is 5.91 Å². The van der Waals surface area contributed by atoms with E-state index in [2.05, 4.69) is 15.7 Å². The van der Waals surface area contributed by atoms with Crippen LogP contribution in [-0.2, 0) is 6.18 Å². The Balaban J connectivity index is 2.54. The predicted molar refractivity (Wildman–Crippen MR) is 79.3 cm³/mol. The Morgan fingerprint density at radius 3 is 2.67 bits per heavy atom. The van der Waals surface area contributed by atoms with Gasteiger partial charge in [0.15, 0.2) is 5.69 Å². The van der Waals surface area contributed by atoms with E-state index in [-0.39, 0.29) is 16.9 Å². The maximum Gasteiger partial charge on any atom is 0.435 e. The maximum atomic E-state index is 13.0. The van der Waals surface area contributed by atoms with E-state index < -0.39 is 23.9 Å². The van der Waals surface area contributed by atoms with E-state index in [0.717, 1.165) is 4.68 Å². The third-order valence-electron chi connectivity index (χ3n) is 3.23. The first-order valence-electron chi connectivity index (χ1n) is 6.92. The van der Waals surface area contributed by atoms with Gasteiger partial charge in [-0.15, -0.1) is 0 Å². The van der Waals surface area contributed by atoms with Crippen LogP contribution in [0.15, 0.2) is 30.3 Å². The molecule has 0 aliphatic carbocycles. The summed E-state index contributed by atoms with van der Waals surface area (Å²) in [6.07, 6.45) is -5.14. The van der Waals surface area contributed by atoms with Gasteiger partial charge in [0.05, 0.1) is 23.5 Å². The molecule has 1 atom stereocenters. The number of nitriles is 1. The highest BCUT2D eigenvalue weighted by molar-refractivity contribution is 5.93. The highest BCUT2D eigenvalue weighted by Gasteiger charge is 2.36. The van der Waals surface area contributed by atoms with Crippen LogP contribution in [0.5, 0.6) is 0 Å². The minimum absolute atomic E-state index is 0.187. The Kier molecular flexibility index (Phi) is 4.90. The fourth-order valence-corrected chi connectivity index (χ4v) is 1.93. The first kappa shape index (κ1) is 17.5. The SMILES string of the molecule is CNC(C)NC(=O)c1cc(C(F)(F)F)nn1-c1cccc(C#N)c1. The number of nitrogens with one attached hydrogen (secondary N) is 2. The lowest BCUT2D eigenvalue weighted by Gasteiger charge is -2.13. The number of hydrogen-bond acceptors (Lipinski definition) is 4. The Hall–Kier alpha value is -2.86. The van der Waals surface area contributed by atoms with E-state index in [1.54, 1.807) is 14.0 Å².